The maximum Gasteiger partial charge on any atom is 0.110 e. The molecule has 0 radical (unpaired) electrons. The van der Waals surface area contributed by atoms with Gasteiger partial charge in [-0.3, -0.25) is 0 Å². The molecule has 0 spiro atoms. The Bertz CT molecular complexity index is 144. The van der Waals surface area contributed by atoms with Gasteiger partial charge in [-0.1, -0.05) is 6.92 Å². The third kappa shape index (κ3) is 1.42. The standard InChI is InChI=1S/C9H16O2/c1-7-2-4-9(10,5-3-7)8-6-11-8/h7-8,10H,2-6H2,1H3. The van der Waals surface area contributed by atoms with E-state index >= 15 is 0 Å². The van der Waals surface area contributed by atoms with Gasteiger partial charge in [0.2, 0.25) is 0 Å². The molecule has 1 N–H and O–H groups in total. The fourth-order valence-electron chi connectivity index (χ4n) is 1.94. The summed E-state index contributed by atoms with van der Waals surface area (Å²) in [7, 11) is 0. The molecular weight excluding hydrogens is 140 g/mol. The van der Waals surface area contributed by atoms with Crippen LogP contribution in [0.25, 0.3) is 0 Å². The Morgan fingerprint density at radius 1 is 1.36 bits per heavy atom. The molecule has 1 heterocycles. The first kappa shape index (κ1) is 7.56. The van der Waals surface area contributed by atoms with E-state index in [1.54, 1.807) is 0 Å². The van der Waals surface area contributed by atoms with Crippen molar-refractivity contribution in [3.05, 3.63) is 0 Å². The first-order valence-corrected chi connectivity index (χ1v) is 4.55. The number of rotatable bonds is 1. The minimum Gasteiger partial charge on any atom is -0.387 e. The summed E-state index contributed by atoms with van der Waals surface area (Å²) in [5.74, 6) is 0.800. The van der Waals surface area contributed by atoms with Gasteiger partial charge < -0.3 is 9.84 Å². The van der Waals surface area contributed by atoms with E-state index in [4.69, 9.17) is 4.74 Å². The van der Waals surface area contributed by atoms with E-state index in [1.807, 2.05) is 0 Å². The molecule has 1 saturated carbocycles. The largest absolute Gasteiger partial charge is 0.387 e. The quantitative estimate of drug-likeness (QED) is 0.581. The molecule has 2 fully saturated rings. The molecule has 1 saturated heterocycles. The molecule has 0 bridgehead atoms. The molecule has 64 valence electrons. The lowest BCUT2D eigenvalue weighted by Crippen LogP contribution is -2.39. The number of aliphatic hydroxyl groups is 1. The SMILES string of the molecule is CC1CCC(O)(C2CO2)CC1. The summed E-state index contributed by atoms with van der Waals surface area (Å²) in [6, 6.07) is 0. The van der Waals surface area contributed by atoms with E-state index in [2.05, 4.69) is 6.92 Å². The van der Waals surface area contributed by atoms with Crippen LogP contribution < -0.4 is 0 Å². The first-order chi connectivity index (χ1) is 5.21. The Morgan fingerprint density at radius 2 is 1.91 bits per heavy atom. The van der Waals surface area contributed by atoms with Crippen molar-refractivity contribution >= 4 is 0 Å². The zero-order valence-corrected chi connectivity index (χ0v) is 7.05. The minimum absolute atomic E-state index is 0.176. The van der Waals surface area contributed by atoms with Crippen LogP contribution in [0.4, 0.5) is 0 Å². The molecule has 1 aliphatic heterocycles. The molecule has 11 heavy (non-hydrogen) atoms. The summed E-state index contributed by atoms with van der Waals surface area (Å²) in [6.07, 6.45) is 4.39. The topological polar surface area (TPSA) is 32.8 Å². The van der Waals surface area contributed by atoms with Gasteiger partial charge in [-0.15, -0.1) is 0 Å². The summed E-state index contributed by atoms with van der Waals surface area (Å²) in [5, 5.41) is 10.0. The fraction of sp³-hybridized carbons (Fsp3) is 1.00. The maximum atomic E-state index is 10.0. The molecular formula is C9H16O2. The summed E-state index contributed by atoms with van der Waals surface area (Å²) < 4.78 is 5.14. The highest BCUT2D eigenvalue weighted by molar-refractivity contribution is 4.96. The molecule has 2 nitrogen and oxygen atoms in total. The summed E-state index contributed by atoms with van der Waals surface area (Å²) in [4.78, 5) is 0. The summed E-state index contributed by atoms with van der Waals surface area (Å²) in [6.45, 7) is 3.04. The van der Waals surface area contributed by atoms with Gasteiger partial charge in [0.05, 0.1) is 12.2 Å². The van der Waals surface area contributed by atoms with Crippen LogP contribution in [0.3, 0.4) is 0 Å². The van der Waals surface area contributed by atoms with Crippen molar-refractivity contribution < 1.29 is 9.84 Å². The van der Waals surface area contributed by atoms with Crippen molar-refractivity contribution in [2.24, 2.45) is 5.92 Å². The second kappa shape index (κ2) is 2.46. The highest BCUT2D eigenvalue weighted by Crippen LogP contribution is 2.39. The van der Waals surface area contributed by atoms with Gasteiger partial charge >= 0.3 is 0 Å². The lowest BCUT2D eigenvalue weighted by molar-refractivity contribution is -0.0300. The predicted molar refractivity (Wildman–Crippen MR) is 42.3 cm³/mol. The predicted octanol–water partition coefficient (Wildman–Crippen LogP) is 1.33. The van der Waals surface area contributed by atoms with Gasteiger partial charge in [0, 0.05) is 0 Å². The van der Waals surface area contributed by atoms with Crippen molar-refractivity contribution in [1.82, 2.24) is 0 Å². The van der Waals surface area contributed by atoms with Gasteiger partial charge in [-0.25, -0.2) is 0 Å². The van der Waals surface area contributed by atoms with Gasteiger partial charge in [-0.2, -0.15) is 0 Å². The highest BCUT2D eigenvalue weighted by Gasteiger charge is 2.46. The average molecular weight is 156 g/mol. The summed E-state index contributed by atoms with van der Waals surface area (Å²) in [5.41, 5.74) is -0.452. The van der Waals surface area contributed by atoms with Gasteiger partial charge in [0.1, 0.15) is 6.10 Å². The third-order valence-electron chi connectivity index (χ3n) is 3.07. The van der Waals surface area contributed by atoms with Crippen LogP contribution in [0.15, 0.2) is 0 Å². The van der Waals surface area contributed by atoms with Crippen LogP contribution >= 0.6 is 0 Å². The van der Waals surface area contributed by atoms with Crippen molar-refractivity contribution in [1.29, 1.82) is 0 Å². The second-order valence-corrected chi connectivity index (χ2v) is 4.11. The van der Waals surface area contributed by atoms with E-state index in [0.29, 0.717) is 0 Å². The first-order valence-electron chi connectivity index (χ1n) is 4.55. The van der Waals surface area contributed by atoms with Gasteiger partial charge in [-0.05, 0) is 31.6 Å². The van der Waals surface area contributed by atoms with Crippen molar-refractivity contribution in [2.75, 3.05) is 6.61 Å². The number of hydrogen-bond acceptors (Lipinski definition) is 2. The van der Waals surface area contributed by atoms with Gasteiger partial charge in [0.25, 0.3) is 0 Å². The normalized spacial score (nSPS) is 50.7. The molecule has 1 unspecified atom stereocenters. The zero-order chi connectivity index (χ0) is 7.90. The second-order valence-electron chi connectivity index (χ2n) is 4.11. The lowest BCUT2D eigenvalue weighted by Gasteiger charge is -2.33. The van der Waals surface area contributed by atoms with Crippen LogP contribution in [-0.2, 0) is 4.74 Å². The number of hydrogen-bond donors (Lipinski definition) is 1. The zero-order valence-electron chi connectivity index (χ0n) is 7.05. The van der Waals surface area contributed by atoms with Crippen molar-refractivity contribution in [3.63, 3.8) is 0 Å². The highest BCUT2D eigenvalue weighted by atomic mass is 16.6. The van der Waals surface area contributed by atoms with E-state index in [9.17, 15) is 5.11 Å². The van der Waals surface area contributed by atoms with Crippen LogP contribution in [0.1, 0.15) is 32.6 Å². The van der Waals surface area contributed by atoms with E-state index in [-0.39, 0.29) is 6.10 Å². The smallest absolute Gasteiger partial charge is 0.110 e. The summed E-state index contributed by atoms with van der Waals surface area (Å²) >= 11 is 0. The van der Waals surface area contributed by atoms with E-state index < -0.39 is 5.60 Å². The monoisotopic (exact) mass is 156 g/mol. The molecule has 1 aliphatic carbocycles. The number of epoxide rings is 1. The Balaban J connectivity index is 1.93. The Kier molecular flexibility index (Phi) is 1.69. The third-order valence-corrected chi connectivity index (χ3v) is 3.07. The molecule has 0 aromatic carbocycles. The molecule has 2 rings (SSSR count). The average Bonchev–Trinajstić information content (AvgIpc) is 2.77. The fourth-order valence-corrected chi connectivity index (χ4v) is 1.94. The minimum atomic E-state index is -0.452. The van der Waals surface area contributed by atoms with E-state index in [0.717, 1.165) is 38.2 Å². The van der Waals surface area contributed by atoms with Crippen LogP contribution in [0, 0.1) is 5.92 Å². The van der Waals surface area contributed by atoms with Crippen molar-refractivity contribution in [2.45, 2.75) is 44.3 Å². The van der Waals surface area contributed by atoms with Crippen LogP contribution in [0.5, 0.6) is 0 Å². The number of ether oxygens (including phenoxy) is 1. The Morgan fingerprint density at radius 3 is 2.36 bits per heavy atom. The van der Waals surface area contributed by atoms with Crippen LogP contribution in [0.2, 0.25) is 0 Å². The maximum absolute atomic E-state index is 10.0. The molecule has 0 aromatic heterocycles. The van der Waals surface area contributed by atoms with Gasteiger partial charge in [0.15, 0.2) is 0 Å². The molecule has 0 amide bonds. The molecule has 0 aromatic rings. The lowest BCUT2D eigenvalue weighted by atomic mass is 9.78. The van der Waals surface area contributed by atoms with Crippen molar-refractivity contribution in [3.8, 4) is 0 Å². The molecule has 2 aliphatic rings. The van der Waals surface area contributed by atoms with E-state index in [1.165, 1.54) is 0 Å². The molecule has 2 heteroatoms. The molecule has 1 atom stereocenters. The Hall–Kier alpha value is -0.0800. The van der Waals surface area contributed by atoms with Crippen LogP contribution in [-0.4, -0.2) is 23.4 Å². The Labute approximate surface area is 67.6 Å².